The lowest BCUT2D eigenvalue weighted by molar-refractivity contribution is 0.348. The Morgan fingerprint density at radius 2 is 2.00 bits per heavy atom. The van der Waals surface area contributed by atoms with Gasteiger partial charge in [-0.25, -0.2) is 9.37 Å². The van der Waals surface area contributed by atoms with E-state index in [0.717, 1.165) is 48.5 Å². The maximum absolute atomic E-state index is 13.2. The SMILES string of the molecule is CN1CCCC(Nc2nc3cnccc3n2Cc2ccc(F)cc2)CC1. The molecule has 1 atom stereocenters. The van der Waals surface area contributed by atoms with E-state index in [4.69, 9.17) is 4.98 Å². The summed E-state index contributed by atoms with van der Waals surface area (Å²) < 4.78 is 15.4. The van der Waals surface area contributed by atoms with Gasteiger partial charge in [0.05, 0.1) is 18.3 Å². The van der Waals surface area contributed by atoms with E-state index in [0.29, 0.717) is 12.6 Å². The molecule has 26 heavy (non-hydrogen) atoms. The zero-order valence-electron chi connectivity index (χ0n) is 15.0. The number of rotatable bonds is 4. The largest absolute Gasteiger partial charge is 0.353 e. The standard InChI is InChI=1S/C20H24FN5/c1-25-11-2-3-17(9-12-25)23-20-24-18-13-22-10-8-19(18)26(20)14-15-4-6-16(21)7-5-15/h4-8,10,13,17H,2-3,9,11-12,14H2,1H3,(H,23,24). The Hall–Kier alpha value is -2.47. The van der Waals surface area contributed by atoms with Crippen molar-refractivity contribution in [2.45, 2.75) is 31.8 Å². The van der Waals surface area contributed by atoms with Crippen LogP contribution in [0.15, 0.2) is 42.7 Å². The van der Waals surface area contributed by atoms with Gasteiger partial charge in [-0.2, -0.15) is 0 Å². The fourth-order valence-corrected chi connectivity index (χ4v) is 3.59. The normalized spacial score (nSPS) is 18.8. The van der Waals surface area contributed by atoms with Crippen LogP contribution in [0, 0.1) is 5.82 Å². The summed E-state index contributed by atoms with van der Waals surface area (Å²) in [6.07, 6.45) is 7.02. The zero-order valence-corrected chi connectivity index (χ0v) is 15.0. The van der Waals surface area contributed by atoms with E-state index in [1.807, 2.05) is 18.2 Å². The van der Waals surface area contributed by atoms with Gasteiger partial charge in [-0.05, 0) is 63.2 Å². The number of imidazole rings is 1. The lowest BCUT2D eigenvalue weighted by Gasteiger charge is -2.19. The van der Waals surface area contributed by atoms with Crippen LogP contribution in [0.3, 0.4) is 0 Å². The van der Waals surface area contributed by atoms with Crippen LogP contribution in [0.25, 0.3) is 11.0 Å². The molecule has 1 saturated heterocycles. The number of anilines is 1. The third kappa shape index (κ3) is 3.70. The van der Waals surface area contributed by atoms with Crippen LogP contribution in [-0.2, 0) is 6.54 Å². The Labute approximate surface area is 152 Å². The molecule has 0 saturated carbocycles. The Morgan fingerprint density at radius 3 is 2.85 bits per heavy atom. The quantitative estimate of drug-likeness (QED) is 0.780. The lowest BCUT2D eigenvalue weighted by Crippen LogP contribution is -2.24. The molecule has 1 aliphatic rings. The lowest BCUT2D eigenvalue weighted by atomic mass is 10.1. The summed E-state index contributed by atoms with van der Waals surface area (Å²) in [5.41, 5.74) is 2.96. The predicted molar refractivity (Wildman–Crippen MR) is 102 cm³/mol. The maximum atomic E-state index is 13.2. The molecule has 6 heteroatoms. The van der Waals surface area contributed by atoms with Crippen molar-refractivity contribution in [3.05, 3.63) is 54.1 Å². The number of benzene rings is 1. The molecule has 0 bridgehead atoms. The number of nitrogens with one attached hydrogen (secondary N) is 1. The molecule has 136 valence electrons. The number of hydrogen-bond donors (Lipinski definition) is 1. The molecule has 0 aliphatic carbocycles. The van der Waals surface area contributed by atoms with Gasteiger partial charge < -0.3 is 14.8 Å². The van der Waals surface area contributed by atoms with Crippen LogP contribution in [0.5, 0.6) is 0 Å². The molecule has 1 aliphatic heterocycles. The van der Waals surface area contributed by atoms with E-state index < -0.39 is 0 Å². The molecule has 0 spiro atoms. The number of hydrogen-bond acceptors (Lipinski definition) is 4. The Morgan fingerprint density at radius 1 is 1.15 bits per heavy atom. The van der Waals surface area contributed by atoms with Gasteiger partial charge in [-0.3, -0.25) is 4.98 Å². The van der Waals surface area contributed by atoms with Crippen molar-refractivity contribution in [3.63, 3.8) is 0 Å². The number of likely N-dealkylation sites (tertiary alicyclic amines) is 1. The van der Waals surface area contributed by atoms with E-state index in [9.17, 15) is 4.39 Å². The molecule has 1 fully saturated rings. The average molecular weight is 353 g/mol. The van der Waals surface area contributed by atoms with E-state index in [-0.39, 0.29) is 5.82 Å². The highest BCUT2D eigenvalue weighted by Gasteiger charge is 2.18. The molecule has 5 nitrogen and oxygen atoms in total. The van der Waals surface area contributed by atoms with E-state index in [1.165, 1.54) is 18.6 Å². The van der Waals surface area contributed by atoms with Gasteiger partial charge >= 0.3 is 0 Å². The molecule has 2 aromatic heterocycles. The van der Waals surface area contributed by atoms with E-state index in [1.54, 1.807) is 12.4 Å². The molecule has 1 aromatic carbocycles. The smallest absolute Gasteiger partial charge is 0.204 e. The average Bonchev–Trinajstić information content (AvgIpc) is 2.84. The highest BCUT2D eigenvalue weighted by atomic mass is 19.1. The highest BCUT2D eigenvalue weighted by molar-refractivity contribution is 5.77. The molecule has 0 amide bonds. The van der Waals surface area contributed by atoms with Gasteiger partial charge in [-0.15, -0.1) is 0 Å². The van der Waals surface area contributed by atoms with Gasteiger partial charge in [-0.1, -0.05) is 12.1 Å². The number of nitrogens with zero attached hydrogens (tertiary/aromatic N) is 4. The first-order chi connectivity index (χ1) is 12.7. The highest BCUT2D eigenvalue weighted by Crippen LogP contribution is 2.23. The number of halogens is 1. The zero-order chi connectivity index (χ0) is 17.9. The van der Waals surface area contributed by atoms with Crippen LogP contribution in [0.4, 0.5) is 10.3 Å². The molecule has 3 heterocycles. The first-order valence-corrected chi connectivity index (χ1v) is 9.19. The second-order valence-corrected chi connectivity index (χ2v) is 7.09. The van der Waals surface area contributed by atoms with E-state index >= 15 is 0 Å². The third-order valence-corrected chi connectivity index (χ3v) is 5.09. The Balaban J connectivity index is 1.64. The van der Waals surface area contributed by atoms with Crippen LogP contribution in [-0.4, -0.2) is 45.6 Å². The van der Waals surface area contributed by atoms with Crippen LogP contribution >= 0.6 is 0 Å². The minimum Gasteiger partial charge on any atom is -0.353 e. The summed E-state index contributed by atoms with van der Waals surface area (Å²) >= 11 is 0. The van der Waals surface area contributed by atoms with Crippen molar-refractivity contribution < 1.29 is 4.39 Å². The molecular weight excluding hydrogens is 329 g/mol. The van der Waals surface area contributed by atoms with Crippen LogP contribution in [0.1, 0.15) is 24.8 Å². The minimum atomic E-state index is -0.214. The molecule has 3 aromatic rings. The molecule has 0 radical (unpaired) electrons. The summed E-state index contributed by atoms with van der Waals surface area (Å²) in [7, 11) is 2.18. The Kier molecular flexibility index (Phi) is 4.84. The summed E-state index contributed by atoms with van der Waals surface area (Å²) in [5.74, 6) is 0.654. The second-order valence-electron chi connectivity index (χ2n) is 7.09. The predicted octanol–water partition coefficient (Wildman–Crippen LogP) is 3.51. The van der Waals surface area contributed by atoms with Crippen LogP contribution in [0.2, 0.25) is 0 Å². The molecule has 1 N–H and O–H groups in total. The molecule has 4 rings (SSSR count). The number of pyridine rings is 1. The van der Waals surface area contributed by atoms with Gasteiger partial charge in [0.1, 0.15) is 11.3 Å². The summed E-state index contributed by atoms with van der Waals surface area (Å²) in [6.45, 7) is 2.89. The van der Waals surface area contributed by atoms with Crippen molar-refractivity contribution in [3.8, 4) is 0 Å². The number of aromatic nitrogens is 3. The topological polar surface area (TPSA) is 46.0 Å². The van der Waals surface area contributed by atoms with Gasteiger partial charge in [0, 0.05) is 12.2 Å². The van der Waals surface area contributed by atoms with Crippen molar-refractivity contribution in [2.75, 3.05) is 25.5 Å². The maximum Gasteiger partial charge on any atom is 0.204 e. The van der Waals surface area contributed by atoms with Crippen molar-refractivity contribution in [2.24, 2.45) is 0 Å². The van der Waals surface area contributed by atoms with Gasteiger partial charge in [0.25, 0.3) is 0 Å². The fourth-order valence-electron chi connectivity index (χ4n) is 3.59. The van der Waals surface area contributed by atoms with Crippen molar-refractivity contribution >= 4 is 17.0 Å². The minimum absolute atomic E-state index is 0.214. The summed E-state index contributed by atoms with van der Waals surface area (Å²) in [5, 5.41) is 3.65. The third-order valence-electron chi connectivity index (χ3n) is 5.09. The van der Waals surface area contributed by atoms with Crippen molar-refractivity contribution in [1.29, 1.82) is 0 Å². The Bertz CT molecular complexity index is 874. The van der Waals surface area contributed by atoms with Crippen LogP contribution < -0.4 is 5.32 Å². The van der Waals surface area contributed by atoms with E-state index in [2.05, 4.69) is 26.8 Å². The first kappa shape index (κ1) is 17.0. The van der Waals surface area contributed by atoms with Crippen molar-refractivity contribution in [1.82, 2.24) is 19.4 Å². The molecular formula is C20H24FN5. The summed E-state index contributed by atoms with van der Waals surface area (Å²) in [4.78, 5) is 11.4. The first-order valence-electron chi connectivity index (χ1n) is 9.19. The van der Waals surface area contributed by atoms with Gasteiger partial charge in [0.15, 0.2) is 0 Å². The number of fused-ring (bicyclic) bond motifs is 1. The second kappa shape index (κ2) is 7.41. The van der Waals surface area contributed by atoms with Gasteiger partial charge in [0.2, 0.25) is 5.95 Å². The fraction of sp³-hybridized carbons (Fsp3) is 0.400. The summed E-state index contributed by atoms with van der Waals surface area (Å²) in [6, 6.07) is 9.06. The monoisotopic (exact) mass is 353 g/mol. The molecule has 1 unspecified atom stereocenters.